The molecule has 2 saturated heterocycles. The average molecular weight is 226 g/mol. The van der Waals surface area contributed by atoms with Gasteiger partial charge in [-0.3, -0.25) is 4.90 Å². The summed E-state index contributed by atoms with van der Waals surface area (Å²) in [6, 6.07) is 1.37. The highest BCUT2D eigenvalue weighted by Crippen LogP contribution is 2.26. The van der Waals surface area contributed by atoms with Crippen molar-refractivity contribution in [2.45, 2.75) is 38.8 Å². The maximum atomic E-state index is 5.58. The first kappa shape index (κ1) is 12.3. The Morgan fingerprint density at radius 3 is 2.88 bits per heavy atom. The van der Waals surface area contributed by atoms with Crippen molar-refractivity contribution >= 4 is 0 Å². The Hall–Kier alpha value is -0.120. The molecule has 0 spiro atoms. The summed E-state index contributed by atoms with van der Waals surface area (Å²) in [5.74, 6) is 1.47. The fraction of sp³-hybridized carbons (Fsp3) is 1.00. The van der Waals surface area contributed by atoms with Gasteiger partial charge >= 0.3 is 0 Å². The minimum absolute atomic E-state index is 0.563. The third kappa shape index (κ3) is 2.58. The highest BCUT2D eigenvalue weighted by Gasteiger charge is 2.33. The van der Waals surface area contributed by atoms with E-state index < -0.39 is 0 Å². The second kappa shape index (κ2) is 5.48. The van der Waals surface area contributed by atoms with E-state index in [9.17, 15) is 0 Å². The highest BCUT2D eigenvalue weighted by atomic mass is 16.5. The molecule has 0 saturated carbocycles. The number of hydrogen-bond acceptors (Lipinski definition) is 3. The normalized spacial score (nSPS) is 36.4. The molecule has 16 heavy (non-hydrogen) atoms. The van der Waals surface area contributed by atoms with E-state index in [0.29, 0.717) is 12.0 Å². The van der Waals surface area contributed by atoms with Crippen molar-refractivity contribution in [1.82, 2.24) is 10.2 Å². The maximum Gasteiger partial charge on any atom is 0.0623 e. The standard InChI is InChI=1S/C13H26N2O/c1-10(2)13-5-4-6-15(13)7-11-8-16-9-12(11)14-3/h10-14H,4-9H2,1-3H3. The lowest BCUT2D eigenvalue weighted by Gasteiger charge is -2.31. The molecule has 0 aliphatic carbocycles. The van der Waals surface area contributed by atoms with Crippen LogP contribution in [0, 0.1) is 11.8 Å². The number of hydrogen-bond donors (Lipinski definition) is 1. The van der Waals surface area contributed by atoms with Gasteiger partial charge in [-0.05, 0) is 32.4 Å². The number of ether oxygens (including phenoxy) is 1. The molecule has 2 rings (SSSR count). The SMILES string of the molecule is CNC1COCC1CN1CCCC1C(C)C. The molecule has 2 fully saturated rings. The molecular formula is C13H26N2O. The van der Waals surface area contributed by atoms with Gasteiger partial charge in [0.25, 0.3) is 0 Å². The number of likely N-dealkylation sites (tertiary alicyclic amines) is 1. The van der Waals surface area contributed by atoms with Crippen LogP contribution in [0.3, 0.4) is 0 Å². The monoisotopic (exact) mass is 226 g/mol. The molecule has 3 atom stereocenters. The largest absolute Gasteiger partial charge is 0.379 e. The Kier molecular flexibility index (Phi) is 4.22. The van der Waals surface area contributed by atoms with Crippen molar-refractivity contribution in [2.24, 2.45) is 11.8 Å². The van der Waals surface area contributed by atoms with Crippen LogP contribution in [0.25, 0.3) is 0 Å². The van der Waals surface area contributed by atoms with Crippen LogP contribution in [0.5, 0.6) is 0 Å². The van der Waals surface area contributed by atoms with E-state index in [1.807, 2.05) is 0 Å². The number of likely N-dealkylation sites (N-methyl/N-ethyl adjacent to an activating group) is 1. The topological polar surface area (TPSA) is 24.5 Å². The van der Waals surface area contributed by atoms with Crippen molar-refractivity contribution in [2.75, 3.05) is 33.4 Å². The van der Waals surface area contributed by atoms with Crippen molar-refractivity contribution in [3.05, 3.63) is 0 Å². The summed E-state index contributed by atoms with van der Waals surface area (Å²) in [5, 5.41) is 3.38. The van der Waals surface area contributed by atoms with Gasteiger partial charge in [-0.2, -0.15) is 0 Å². The van der Waals surface area contributed by atoms with Crippen molar-refractivity contribution < 1.29 is 4.74 Å². The van der Waals surface area contributed by atoms with Crippen LogP contribution < -0.4 is 5.32 Å². The molecule has 0 bridgehead atoms. The molecule has 94 valence electrons. The Balaban J connectivity index is 1.88. The van der Waals surface area contributed by atoms with E-state index in [0.717, 1.165) is 25.2 Å². The Labute approximate surface area is 99.5 Å². The van der Waals surface area contributed by atoms with Gasteiger partial charge in [0.05, 0.1) is 13.2 Å². The fourth-order valence-corrected chi connectivity index (χ4v) is 3.23. The zero-order chi connectivity index (χ0) is 11.5. The van der Waals surface area contributed by atoms with E-state index in [2.05, 4.69) is 31.1 Å². The van der Waals surface area contributed by atoms with Crippen molar-refractivity contribution in [1.29, 1.82) is 0 Å². The summed E-state index contributed by atoms with van der Waals surface area (Å²) in [5.41, 5.74) is 0. The van der Waals surface area contributed by atoms with Crippen molar-refractivity contribution in [3.63, 3.8) is 0 Å². The summed E-state index contributed by atoms with van der Waals surface area (Å²) >= 11 is 0. The Morgan fingerprint density at radius 1 is 1.38 bits per heavy atom. The van der Waals surface area contributed by atoms with Gasteiger partial charge in [0.1, 0.15) is 0 Å². The van der Waals surface area contributed by atoms with Crippen LogP contribution in [-0.2, 0) is 4.74 Å². The molecule has 0 amide bonds. The molecule has 0 radical (unpaired) electrons. The Morgan fingerprint density at radius 2 is 2.19 bits per heavy atom. The second-order valence-corrected chi connectivity index (χ2v) is 5.64. The van der Waals surface area contributed by atoms with E-state index in [1.165, 1.54) is 25.9 Å². The third-order valence-corrected chi connectivity index (χ3v) is 4.22. The summed E-state index contributed by atoms with van der Waals surface area (Å²) in [4.78, 5) is 2.69. The number of nitrogens with zero attached hydrogens (tertiary/aromatic N) is 1. The molecule has 0 aromatic carbocycles. The van der Waals surface area contributed by atoms with Gasteiger partial charge in [0.15, 0.2) is 0 Å². The number of nitrogens with one attached hydrogen (secondary N) is 1. The van der Waals surface area contributed by atoms with Gasteiger partial charge in [-0.1, -0.05) is 13.8 Å². The van der Waals surface area contributed by atoms with E-state index >= 15 is 0 Å². The lowest BCUT2D eigenvalue weighted by Crippen LogP contribution is -2.43. The quantitative estimate of drug-likeness (QED) is 0.783. The second-order valence-electron chi connectivity index (χ2n) is 5.64. The fourth-order valence-electron chi connectivity index (χ4n) is 3.23. The first-order valence-corrected chi connectivity index (χ1v) is 6.71. The zero-order valence-corrected chi connectivity index (χ0v) is 10.9. The van der Waals surface area contributed by atoms with E-state index in [4.69, 9.17) is 4.74 Å². The van der Waals surface area contributed by atoms with Gasteiger partial charge in [-0.25, -0.2) is 0 Å². The molecule has 3 heteroatoms. The van der Waals surface area contributed by atoms with Crippen LogP contribution in [0.2, 0.25) is 0 Å². The summed E-state index contributed by atoms with van der Waals surface area (Å²) in [6.07, 6.45) is 2.76. The van der Waals surface area contributed by atoms with Crippen LogP contribution in [0.4, 0.5) is 0 Å². The lowest BCUT2D eigenvalue weighted by atomic mass is 9.99. The predicted octanol–water partition coefficient (Wildman–Crippen LogP) is 1.34. The van der Waals surface area contributed by atoms with Crippen molar-refractivity contribution in [3.8, 4) is 0 Å². The van der Waals surface area contributed by atoms with Crippen LogP contribution in [-0.4, -0.2) is 50.3 Å². The van der Waals surface area contributed by atoms with Gasteiger partial charge in [-0.15, -0.1) is 0 Å². The molecule has 0 aromatic heterocycles. The van der Waals surface area contributed by atoms with E-state index in [1.54, 1.807) is 0 Å². The lowest BCUT2D eigenvalue weighted by molar-refractivity contribution is 0.148. The van der Waals surface area contributed by atoms with Crippen LogP contribution in [0.1, 0.15) is 26.7 Å². The first-order chi connectivity index (χ1) is 7.72. The zero-order valence-electron chi connectivity index (χ0n) is 10.9. The molecule has 2 aliphatic rings. The van der Waals surface area contributed by atoms with Crippen LogP contribution in [0.15, 0.2) is 0 Å². The van der Waals surface area contributed by atoms with Crippen LogP contribution >= 0.6 is 0 Å². The molecule has 3 unspecified atom stereocenters. The smallest absolute Gasteiger partial charge is 0.0623 e. The predicted molar refractivity (Wildman–Crippen MR) is 66.6 cm³/mol. The number of rotatable bonds is 4. The minimum Gasteiger partial charge on any atom is -0.379 e. The molecule has 1 N–H and O–H groups in total. The summed E-state index contributed by atoms with van der Waals surface area (Å²) < 4.78 is 5.58. The van der Waals surface area contributed by atoms with Gasteiger partial charge in [0, 0.05) is 24.5 Å². The highest BCUT2D eigenvalue weighted by molar-refractivity contribution is 4.88. The third-order valence-electron chi connectivity index (χ3n) is 4.22. The molecule has 2 aliphatic heterocycles. The van der Waals surface area contributed by atoms with Gasteiger partial charge < -0.3 is 10.1 Å². The molecule has 0 aromatic rings. The van der Waals surface area contributed by atoms with E-state index in [-0.39, 0.29) is 0 Å². The van der Waals surface area contributed by atoms with Gasteiger partial charge in [0.2, 0.25) is 0 Å². The summed E-state index contributed by atoms with van der Waals surface area (Å²) in [7, 11) is 2.05. The maximum absolute atomic E-state index is 5.58. The molecule has 2 heterocycles. The average Bonchev–Trinajstić information content (AvgIpc) is 2.86. The summed E-state index contributed by atoms with van der Waals surface area (Å²) in [6.45, 7) is 9.03. The molecular weight excluding hydrogens is 200 g/mol. The Bertz CT molecular complexity index is 220. The first-order valence-electron chi connectivity index (χ1n) is 6.71. The minimum atomic E-state index is 0.563. The molecule has 3 nitrogen and oxygen atoms in total.